The second-order valence-corrected chi connectivity index (χ2v) is 5.95. The molecule has 2 N–H and O–H groups in total. The first kappa shape index (κ1) is 14.9. The molecule has 0 aromatic carbocycles. The highest BCUT2D eigenvalue weighted by Crippen LogP contribution is 2.27. The Morgan fingerprint density at radius 3 is 2.35 bits per heavy atom. The van der Waals surface area contributed by atoms with Gasteiger partial charge in [0.25, 0.3) is 0 Å². The van der Waals surface area contributed by atoms with Crippen molar-refractivity contribution in [2.45, 2.75) is 51.9 Å². The van der Waals surface area contributed by atoms with Crippen molar-refractivity contribution in [3.05, 3.63) is 0 Å². The molecule has 3 unspecified atom stereocenters. The number of hydrogen-bond donors (Lipinski definition) is 1. The average molecular weight is 245 g/mol. The van der Waals surface area contributed by atoms with Crippen molar-refractivity contribution in [2.24, 2.45) is 11.1 Å². The van der Waals surface area contributed by atoms with E-state index in [4.69, 9.17) is 19.9 Å². The Morgan fingerprint density at radius 2 is 1.82 bits per heavy atom. The molecule has 0 aliphatic heterocycles. The third-order valence-corrected chi connectivity index (χ3v) is 3.07. The van der Waals surface area contributed by atoms with Crippen molar-refractivity contribution >= 4 is 0 Å². The van der Waals surface area contributed by atoms with Gasteiger partial charge in [-0.3, -0.25) is 0 Å². The van der Waals surface area contributed by atoms with E-state index in [1.54, 1.807) is 7.11 Å². The summed E-state index contributed by atoms with van der Waals surface area (Å²) < 4.78 is 16.4. The number of nitrogens with two attached hydrogens (primary N) is 1. The van der Waals surface area contributed by atoms with Crippen LogP contribution in [0.5, 0.6) is 0 Å². The van der Waals surface area contributed by atoms with Gasteiger partial charge >= 0.3 is 0 Å². The summed E-state index contributed by atoms with van der Waals surface area (Å²) in [5.74, 6) is 0. The maximum Gasteiger partial charge on any atom is 0.0989 e. The Labute approximate surface area is 105 Å². The fourth-order valence-electron chi connectivity index (χ4n) is 1.79. The molecule has 4 heteroatoms. The Kier molecular flexibility index (Phi) is 5.86. The highest BCUT2D eigenvalue weighted by Gasteiger charge is 2.40. The van der Waals surface area contributed by atoms with Gasteiger partial charge in [0.15, 0.2) is 0 Å². The van der Waals surface area contributed by atoms with Crippen LogP contribution in [0.25, 0.3) is 0 Å². The molecule has 17 heavy (non-hydrogen) atoms. The van der Waals surface area contributed by atoms with Gasteiger partial charge in [-0.25, -0.2) is 0 Å². The first-order chi connectivity index (χ1) is 7.94. The molecule has 1 aliphatic carbocycles. The van der Waals surface area contributed by atoms with E-state index in [2.05, 4.69) is 20.8 Å². The smallest absolute Gasteiger partial charge is 0.0989 e. The van der Waals surface area contributed by atoms with Crippen LogP contribution in [0.3, 0.4) is 0 Å². The van der Waals surface area contributed by atoms with E-state index < -0.39 is 0 Å². The molecule has 102 valence electrons. The predicted molar refractivity (Wildman–Crippen MR) is 68.0 cm³/mol. The highest BCUT2D eigenvalue weighted by atomic mass is 16.6. The van der Waals surface area contributed by atoms with Crippen molar-refractivity contribution in [1.82, 2.24) is 0 Å². The van der Waals surface area contributed by atoms with Crippen LogP contribution in [0.2, 0.25) is 0 Å². The topological polar surface area (TPSA) is 53.7 Å². The van der Waals surface area contributed by atoms with Crippen LogP contribution < -0.4 is 5.73 Å². The molecule has 0 saturated heterocycles. The Hall–Kier alpha value is -0.160. The number of hydrogen-bond acceptors (Lipinski definition) is 4. The maximum absolute atomic E-state index is 5.91. The summed E-state index contributed by atoms with van der Waals surface area (Å²) in [5.41, 5.74) is 6.22. The first-order valence-electron chi connectivity index (χ1n) is 6.42. The predicted octanol–water partition coefficient (Wildman–Crippen LogP) is 1.57. The van der Waals surface area contributed by atoms with Crippen LogP contribution in [0.15, 0.2) is 0 Å². The van der Waals surface area contributed by atoms with Gasteiger partial charge in [0.05, 0.1) is 25.4 Å². The normalized spacial score (nSPS) is 29.1. The van der Waals surface area contributed by atoms with E-state index in [0.717, 1.165) is 19.4 Å². The Bertz CT molecular complexity index is 215. The molecule has 0 aromatic heterocycles. The van der Waals surface area contributed by atoms with E-state index in [-0.39, 0.29) is 18.2 Å². The van der Waals surface area contributed by atoms with E-state index in [1.165, 1.54) is 0 Å². The van der Waals surface area contributed by atoms with Gasteiger partial charge in [0.1, 0.15) is 0 Å². The molecule has 1 saturated carbocycles. The summed E-state index contributed by atoms with van der Waals surface area (Å²) >= 11 is 0. The second-order valence-electron chi connectivity index (χ2n) is 5.95. The summed E-state index contributed by atoms with van der Waals surface area (Å²) in [7, 11) is 1.67. The summed E-state index contributed by atoms with van der Waals surface area (Å²) in [5, 5.41) is 0. The highest BCUT2D eigenvalue weighted by molar-refractivity contribution is 4.95. The van der Waals surface area contributed by atoms with Crippen LogP contribution in [0.4, 0.5) is 0 Å². The minimum Gasteiger partial charge on any atom is -0.382 e. The fraction of sp³-hybridized carbons (Fsp3) is 1.00. The third kappa shape index (κ3) is 5.34. The van der Waals surface area contributed by atoms with Gasteiger partial charge in [-0.15, -0.1) is 0 Å². The standard InChI is InChI=1S/C13H27NO3/c1-13(2,3)5-6-16-11-9-10(14)12(11)17-8-7-15-4/h10-12H,5-9,14H2,1-4H3. The molecular formula is C13H27NO3. The molecule has 4 nitrogen and oxygen atoms in total. The zero-order valence-corrected chi connectivity index (χ0v) is 11.6. The molecule has 0 aromatic rings. The zero-order chi connectivity index (χ0) is 12.9. The molecule has 1 fully saturated rings. The van der Waals surface area contributed by atoms with Crippen LogP contribution in [-0.2, 0) is 14.2 Å². The van der Waals surface area contributed by atoms with Gasteiger partial charge in [-0.1, -0.05) is 20.8 Å². The summed E-state index contributed by atoms with van der Waals surface area (Å²) in [6, 6.07) is 0.117. The Balaban J connectivity index is 2.16. The van der Waals surface area contributed by atoms with Crippen molar-refractivity contribution in [1.29, 1.82) is 0 Å². The Morgan fingerprint density at radius 1 is 1.12 bits per heavy atom. The molecule has 0 bridgehead atoms. The number of ether oxygens (including phenoxy) is 3. The van der Waals surface area contributed by atoms with Gasteiger partial charge in [0.2, 0.25) is 0 Å². The summed E-state index contributed by atoms with van der Waals surface area (Å²) in [6.45, 7) is 8.64. The van der Waals surface area contributed by atoms with Crippen LogP contribution in [0, 0.1) is 5.41 Å². The maximum atomic E-state index is 5.91. The van der Waals surface area contributed by atoms with E-state index in [0.29, 0.717) is 18.6 Å². The monoisotopic (exact) mass is 245 g/mol. The van der Waals surface area contributed by atoms with Crippen molar-refractivity contribution in [3.63, 3.8) is 0 Å². The lowest BCUT2D eigenvalue weighted by atomic mass is 9.86. The van der Waals surface area contributed by atoms with Gasteiger partial charge in [-0.2, -0.15) is 0 Å². The van der Waals surface area contributed by atoms with E-state index >= 15 is 0 Å². The molecule has 1 aliphatic rings. The lowest BCUT2D eigenvalue weighted by molar-refractivity contribution is -0.147. The number of rotatable bonds is 7. The first-order valence-corrected chi connectivity index (χ1v) is 6.42. The average Bonchev–Trinajstić information content (AvgIpc) is 2.21. The largest absolute Gasteiger partial charge is 0.382 e. The van der Waals surface area contributed by atoms with Crippen molar-refractivity contribution < 1.29 is 14.2 Å². The second kappa shape index (κ2) is 6.69. The van der Waals surface area contributed by atoms with E-state index in [1.807, 2.05) is 0 Å². The quantitative estimate of drug-likeness (QED) is 0.692. The molecular weight excluding hydrogens is 218 g/mol. The van der Waals surface area contributed by atoms with Crippen LogP contribution >= 0.6 is 0 Å². The summed E-state index contributed by atoms with van der Waals surface area (Å²) in [6.07, 6.45) is 2.18. The summed E-state index contributed by atoms with van der Waals surface area (Å²) in [4.78, 5) is 0. The van der Waals surface area contributed by atoms with Crippen molar-refractivity contribution in [3.8, 4) is 0 Å². The van der Waals surface area contributed by atoms with Gasteiger partial charge in [-0.05, 0) is 18.3 Å². The minimum absolute atomic E-state index is 0.0464. The molecule has 0 radical (unpaired) electrons. The molecule has 1 rings (SSSR count). The van der Waals surface area contributed by atoms with Crippen molar-refractivity contribution in [2.75, 3.05) is 26.9 Å². The third-order valence-electron chi connectivity index (χ3n) is 3.07. The van der Waals surface area contributed by atoms with Crippen LogP contribution in [0.1, 0.15) is 33.6 Å². The molecule has 0 amide bonds. The molecule has 0 heterocycles. The lowest BCUT2D eigenvalue weighted by Gasteiger charge is -2.42. The van der Waals surface area contributed by atoms with Gasteiger partial charge in [0, 0.05) is 19.8 Å². The molecule has 0 spiro atoms. The molecule has 3 atom stereocenters. The van der Waals surface area contributed by atoms with E-state index in [9.17, 15) is 0 Å². The van der Waals surface area contributed by atoms with Gasteiger partial charge < -0.3 is 19.9 Å². The number of methoxy groups -OCH3 is 1. The SMILES string of the molecule is COCCOC1C(N)CC1OCCC(C)(C)C. The lowest BCUT2D eigenvalue weighted by Crippen LogP contribution is -2.58. The minimum atomic E-state index is 0.0464. The zero-order valence-electron chi connectivity index (χ0n) is 11.6. The van der Waals surface area contributed by atoms with Crippen LogP contribution in [-0.4, -0.2) is 45.2 Å². The fourth-order valence-corrected chi connectivity index (χ4v) is 1.79.